The van der Waals surface area contributed by atoms with Gasteiger partial charge in [-0.3, -0.25) is 0 Å². The molecule has 0 spiro atoms. The average Bonchev–Trinajstić information content (AvgIpc) is 2.91. The molecule has 0 bridgehead atoms. The molecule has 0 aromatic rings. The van der Waals surface area contributed by atoms with Gasteiger partial charge in [-0.2, -0.15) is 0 Å². The summed E-state index contributed by atoms with van der Waals surface area (Å²) in [7, 11) is 0. The van der Waals surface area contributed by atoms with Gasteiger partial charge in [0.1, 0.15) is 0 Å². The maximum atomic E-state index is 4.47. The van der Waals surface area contributed by atoms with Crippen molar-refractivity contribution in [3.63, 3.8) is 0 Å². The zero-order chi connectivity index (χ0) is 18.2. The zero-order valence-corrected chi connectivity index (χ0v) is 17.9. The molecule has 4 fully saturated rings. The molecule has 0 amide bonds. The minimum absolute atomic E-state index is 0.508. The van der Waals surface area contributed by atoms with E-state index in [2.05, 4.69) is 27.4 Å². The van der Waals surface area contributed by atoms with Crippen molar-refractivity contribution in [2.24, 2.45) is 40.4 Å². The first-order valence-electron chi connectivity index (χ1n) is 11.7. The summed E-state index contributed by atoms with van der Waals surface area (Å²) in [6.45, 7) is 16.1. The fourth-order valence-corrected chi connectivity index (χ4v) is 7.98. The highest BCUT2D eigenvalue weighted by atomic mass is 14.6. The first-order chi connectivity index (χ1) is 12.0. The highest BCUT2D eigenvalue weighted by Gasteiger charge is 2.57. The van der Waals surface area contributed by atoms with Crippen LogP contribution in [0.1, 0.15) is 105 Å². The van der Waals surface area contributed by atoms with Crippen molar-refractivity contribution in [3.05, 3.63) is 12.2 Å². The molecule has 7 atom stereocenters. The van der Waals surface area contributed by atoms with E-state index in [1.165, 1.54) is 57.8 Å². The van der Waals surface area contributed by atoms with Crippen molar-refractivity contribution in [2.45, 2.75) is 105 Å². The Bertz CT molecular complexity index is 476. The van der Waals surface area contributed by atoms with Crippen LogP contribution in [-0.4, -0.2) is 0 Å². The third-order valence-corrected chi connectivity index (χ3v) is 9.25. The summed E-state index contributed by atoms with van der Waals surface area (Å²) in [4.78, 5) is 0. The third kappa shape index (κ3) is 3.14. The second-order valence-electron chi connectivity index (χ2n) is 10.3. The summed E-state index contributed by atoms with van der Waals surface area (Å²) in [6, 6.07) is 0. The first-order valence-corrected chi connectivity index (χ1v) is 11.7. The van der Waals surface area contributed by atoms with Gasteiger partial charge in [-0.1, -0.05) is 66.0 Å². The van der Waals surface area contributed by atoms with Crippen molar-refractivity contribution in [1.29, 1.82) is 0 Å². The molecular weight excluding hydrogens is 300 g/mol. The zero-order valence-electron chi connectivity index (χ0n) is 17.9. The SMILES string of the molecule is C=C1CCC2C3CCC4(C)CC(CCC)CCC4C3CCC12C.CC. The lowest BCUT2D eigenvalue weighted by Crippen LogP contribution is -2.51. The summed E-state index contributed by atoms with van der Waals surface area (Å²) in [5, 5.41) is 0. The standard InChI is InChI=1S/C23H38.C2H6/c1-5-6-17-8-10-20-18-12-14-23(4)16(2)7-9-21(23)19(18)11-13-22(20,3)15-17;1-2/h17-21H,2,5-15H2,1,3-4H3;1-2H3. The van der Waals surface area contributed by atoms with Gasteiger partial charge < -0.3 is 0 Å². The molecule has 0 heterocycles. The van der Waals surface area contributed by atoms with E-state index in [1.54, 1.807) is 18.4 Å². The van der Waals surface area contributed by atoms with Crippen LogP contribution in [0.4, 0.5) is 0 Å². The van der Waals surface area contributed by atoms with Crippen LogP contribution in [-0.2, 0) is 0 Å². The van der Waals surface area contributed by atoms with Crippen LogP contribution < -0.4 is 0 Å². The normalized spacial score (nSPS) is 48.7. The van der Waals surface area contributed by atoms with Gasteiger partial charge >= 0.3 is 0 Å². The van der Waals surface area contributed by atoms with E-state index in [0.717, 1.165) is 29.6 Å². The molecule has 144 valence electrons. The molecular formula is C25H44. The van der Waals surface area contributed by atoms with Crippen molar-refractivity contribution >= 4 is 0 Å². The van der Waals surface area contributed by atoms with Crippen LogP contribution in [0.5, 0.6) is 0 Å². The molecule has 0 radical (unpaired) electrons. The molecule has 0 aliphatic heterocycles. The Balaban J connectivity index is 0.000000880. The summed E-state index contributed by atoms with van der Waals surface area (Å²) in [5.41, 5.74) is 2.79. The highest BCUT2D eigenvalue weighted by Crippen LogP contribution is 2.66. The molecule has 0 N–H and O–H groups in total. The van der Waals surface area contributed by atoms with Crippen molar-refractivity contribution < 1.29 is 0 Å². The lowest BCUT2D eigenvalue weighted by molar-refractivity contribution is -0.0920. The Labute approximate surface area is 158 Å². The van der Waals surface area contributed by atoms with Crippen LogP contribution in [0, 0.1) is 40.4 Å². The average molecular weight is 345 g/mol. The van der Waals surface area contributed by atoms with E-state index in [0.29, 0.717) is 10.8 Å². The molecule has 4 aliphatic rings. The molecule has 0 aromatic carbocycles. The number of rotatable bonds is 2. The van der Waals surface area contributed by atoms with Gasteiger partial charge in [-0.25, -0.2) is 0 Å². The van der Waals surface area contributed by atoms with Crippen molar-refractivity contribution in [3.8, 4) is 0 Å². The van der Waals surface area contributed by atoms with Crippen LogP contribution in [0.25, 0.3) is 0 Å². The first kappa shape index (κ1) is 19.5. The topological polar surface area (TPSA) is 0 Å². The van der Waals surface area contributed by atoms with Crippen molar-refractivity contribution in [2.75, 3.05) is 0 Å². The Morgan fingerprint density at radius 3 is 2.32 bits per heavy atom. The van der Waals surface area contributed by atoms with Gasteiger partial charge in [0.15, 0.2) is 0 Å². The van der Waals surface area contributed by atoms with E-state index >= 15 is 0 Å². The van der Waals surface area contributed by atoms with Crippen LogP contribution in [0.2, 0.25) is 0 Å². The van der Waals surface area contributed by atoms with Gasteiger partial charge in [0.05, 0.1) is 0 Å². The van der Waals surface area contributed by atoms with E-state index in [4.69, 9.17) is 0 Å². The monoisotopic (exact) mass is 344 g/mol. The molecule has 4 aliphatic carbocycles. The van der Waals surface area contributed by atoms with Gasteiger partial charge in [0.2, 0.25) is 0 Å². The predicted octanol–water partition coefficient (Wildman–Crippen LogP) is 8.03. The summed E-state index contributed by atoms with van der Waals surface area (Å²) in [5.74, 6) is 5.16. The fraction of sp³-hybridized carbons (Fsp3) is 0.920. The lowest BCUT2D eigenvalue weighted by atomic mass is 9.46. The Hall–Kier alpha value is -0.260. The second kappa shape index (κ2) is 7.40. The predicted molar refractivity (Wildman–Crippen MR) is 111 cm³/mol. The number of hydrogen-bond donors (Lipinski definition) is 0. The molecule has 0 heteroatoms. The second-order valence-corrected chi connectivity index (χ2v) is 10.3. The highest BCUT2D eigenvalue weighted by molar-refractivity contribution is 5.21. The number of allylic oxidation sites excluding steroid dienone is 1. The molecule has 7 unspecified atom stereocenters. The minimum atomic E-state index is 0.508. The Kier molecular flexibility index (Phi) is 5.77. The van der Waals surface area contributed by atoms with Crippen molar-refractivity contribution in [1.82, 2.24) is 0 Å². The van der Waals surface area contributed by atoms with E-state index in [9.17, 15) is 0 Å². The van der Waals surface area contributed by atoms with E-state index < -0.39 is 0 Å². The minimum Gasteiger partial charge on any atom is -0.0993 e. The molecule has 4 rings (SSSR count). The molecule has 0 saturated heterocycles. The number of fused-ring (bicyclic) bond motifs is 5. The van der Waals surface area contributed by atoms with Gasteiger partial charge in [-0.15, -0.1) is 0 Å². The van der Waals surface area contributed by atoms with Crippen LogP contribution >= 0.6 is 0 Å². The molecule has 0 nitrogen and oxygen atoms in total. The van der Waals surface area contributed by atoms with Gasteiger partial charge in [0.25, 0.3) is 0 Å². The number of hydrogen-bond acceptors (Lipinski definition) is 0. The Morgan fingerprint density at radius 2 is 1.60 bits per heavy atom. The van der Waals surface area contributed by atoms with Gasteiger partial charge in [0, 0.05) is 0 Å². The molecule has 25 heavy (non-hydrogen) atoms. The summed E-state index contributed by atoms with van der Waals surface area (Å²) in [6.07, 6.45) is 16.3. The smallest absolute Gasteiger partial charge is 0.00879 e. The summed E-state index contributed by atoms with van der Waals surface area (Å²) < 4.78 is 0. The lowest BCUT2D eigenvalue weighted by Gasteiger charge is -2.59. The maximum absolute atomic E-state index is 4.47. The molecule has 4 saturated carbocycles. The molecule has 0 aromatic heterocycles. The Morgan fingerprint density at radius 1 is 0.920 bits per heavy atom. The largest absolute Gasteiger partial charge is 0.0993 e. The van der Waals surface area contributed by atoms with Gasteiger partial charge in [-0.05, 0) is 91.8 Å². The summed E-state index contributed by atoms with van der Waals surface area (Å²) >= 11 is 0. The fourth-order valence-electron chi connectivity index (χ4n) is 7.98. The quantitative estimate of drug-likeness (QED) is 0.445. The third-order valence-electron chi connectivity index (χ3n) is 9.25. The van der Waals surface area contributed by atoms with Crippen LogP contribution in [0.15, 0.2) is 12.2 Å². The maximum Gasteiger partial charge on any atom is -0.00879 e. The van der Waals surface area contributed by atoms with E-state index in [1.807, 2.05) is 13.8 Å². The van der Waals surface area contributed by atoms with Crippen LogP contribution in [0.3, 0.4) is 0 Å². The van der Waals surface area contributed by atoms with E-state index in [-0.39, 0.29) is 0 Å².